The van der Waals surface area contributed by atoms with Gasteiger partial charge < -0.3 is 4.74 Å². The summed E-state index contributed by atoms with van der Waals surface area (Å²) in [5.74, 6) is 0. The average molecular weight is 213 g/mol. The molecule has 1 rings (SSSR count). The Morgan fingerprint density at radius 1 is 1.07 bits per heavy atom. The van der Waals surface area contributed by atoms with Crippen LogP contribution in [-0.4, -0.2) is 35.2 Å². The zero-order chi connectivity index (χ0) is 11.7. The van der Waals surface area contributed by atoms with E-state index in [0.717, 1.165) is 26.0 Å². The highest BCUT2D eigenvalue weighted by atomic mass is 16.5. The van der Waals surface area contributed by atoms with Crippen LogP contribution >= 0.6 is 0 Å². The molecule has 1 fully saturated rings. The van der Waals surface area contributed by atoms with Gasteiger partial charge >= 0.3 is 0 Å². The van der Waals surface area contributed by atoms with Crippen molar-refractivity contribution >= 4 is 0 Å². The molecule has 0 aromatic carbocycles. The largest absolute Gasteiger partial charge is 0.378 e. The Morgan fingerprint density at radius 3 is 1.87 bits per heavy atom. The zero-order valence-electron chi connectivity index (χ0n) is 11.3. The maximum atomic E-state index is 5.82. The van der Waals surface area contributed by atoms with Gasteiger partial charge in [-0.1, -0.05) is 6.92 Å². The van der Waals surface area contributed by atoms with Crippen LogP contribution in [0.3, 0.4) is 0 Å². The topological polar surface area (TPSA) is 12.5 Å². The molecule has 1 aliphatic rings. The van der Waals surface area contributed by atoms with E-state index in [1.807, 2.05) is 0 Å². The molecule has 0 aromatic heterocycles. The number of ether oxygens (including phenoxy) is 1. The molecule has 0 radical (unpaired) electrons. The van der Waals surface area contributed by atoms with Gasteiger partial charge in [-0.3, -0.25) is 4.90 Å². The van der Waals surface area contributed by atoms with Gasteiger partial charge in [-0.25, -0.2) is 0 Å². The van der Waals surface area contributed by atoms with Gasteiger partial charge in [0.1, 0.15) is 0 Å². The molecule has 1 saturated heterocycles. The molecule has 1 heterocycles. The smallest absolute Gasteiger partial charge is 0.0609 e. The van der Waals surface area contributed by atoms with E-state index in [2.05, 4.69) is 46.4 Å². The second kappa shape index (κ2) is 4.42. The summed E-state index contributed by atoms with van der Waals surface area (Å²) < 4.78 is 5.82. The zero-order valence-corrected chi connectivity index (χ0v) is 11.3. The molecule has 0 aromatic rings. The van der Waals surface area contributed by atoms with Gasteiger partial charge in [0.2, 0.25) is 0 Å². The van der Waals surface area contributed by atoms with E-state index in [1.54, 1.807) is 0 Å². The quantitative estimate of drug-likeness (QED) is 0.714. The van der Waals surface area contributed by atoms with Gasteiger partial charge in [-0.05, 0) is 54.0 Å². The van der Waals surface area contributed by atoms with Crippen molar-refractivity contribution < 1.29 is 4.74 Å². The van der Waals surface area contributed by atoms with Crippen molar-refractivity contribution in [3.05, 3.63) is 0 Å². The van der Waals surface area contributed by atoms with Crippen LogP contribution < -0.4 is 0 Å². The van der Waals surface area contributed by atoms with Gasteiger partial charge in [-0.15, -0.1) is 0 Å². The lowest BCUT2D eigenvalue weighted by atomic mass is 9.78. The Hall–Kier alpha value is -0.0800. The molecule has 2 heteroatoms. The molecule has 0 aliphatic carbocycles. The lowest BCUT2D eigenvalue weighted by Crippen LogP contribution is -2.61. The highest BCUT2D eigenvalue weighted by Gasteiger charge is 2.44. The van der Waals surface area contributed by atoms with Crippen LogP contribution in [0.2, 0.25) is 0 Å². The third kappa shape index (κ3) is 2.73. The van der Waals surface area contributed by atoms with E-state index in [1.165, 1.54) is 0 Å². The number of hydrogen-bond acceptors (Lipinski definition) is 2. The van der Waals surface area contributed by atoms with E-state index >= 15 is 0 Å². The lowest BCUT2D eigenvalue weighted by molar-refractivity contribution is -0.0990. The standard InChI is InChI=1S/C13H27NO/c1-7-14-12(3,4)9-11(15-8-2)10-13(14,5)6/h11H,7-10H2,1-6H3. The summed E-state index contributed by atoms with van der Waals surface area (Å²) in [6.07, 6.45) is 2.73. The first-order valence-electron chi connectivity index (χ1n) is 6.23. The SMILES string of the molecule is CCOC1CC(C)(C)N(CC)C(C)(C)C1. The van der Waals surface area contributed by atoms with Crippen molar-refractivity contribution in [1.29, 1.82) is 0 Å². The number of likely N-dealkylation sites (tertiary alicyclic amines) is 1. The Balaban J connectivity index is 2.81. The minimum atomic E-state index is 0.260. The molecular weight excluding hydrogens is 186 g/mol. The number of hydrogen-bond donors (Lipinski definition) is 0. The molecule has 0 amide bonds. The van der Waals surface area contributed by atoms with E-state index in [9.17, 15) is 0 Å². The third-order valence-electron chi connectivity index (χ3n) is 3.63. The average Bonchev–Trinajstić information content (AvgIpc) is 2.00. The van der Waals surface area contributed by atoms with Gasteiger partial charge in [0.05, 0.1) is 6.10 Å². The Morgan fingerprint density at radius 2 is 1.53 bits per heavy atom. The summed E-state index contributed by atoms with van der Waals surface area (Å²) in [5.41, 5.74) is 0.521. The fourth-order valence-corrected chi connectivity index (χ4v) is 3.44. The van der Waals surface area contributed by atoms with Crippen LogP contribution in [0.15, 0.2) is 0 Å². The minimum Gasteiger partial charge on any atom is -0.378 e. The fraction of sp³-hybridized carbons (Fsp3) is 1.00. The van der Waals surface area contributed by atoms with Crippen molar-refractivity contribution in [3.8, 4) is 0 Å². The van der Waals surface area contributed by atoms with E-state index in [4.69, 9.17) is 4.74 Å². The highest BCUT2D eigenvalue weighted by molar-refractivity contribution is 5.00. The first-order chi connectivity index (χ1) is 6.83. The normalized spacial score (nSPS) is 26.8. The monoisotopic (exact) mass is 213 g/mol. The second-order valence-corrected chi connectivity index (χ2v) is 5.85. The molecule has 0 spiro atoms. The first-order valence-corrected chi connectivity index (χ1v) is 6.23. The summed E-state index contributed by atoms with van der Waals surface area (Å²) in [5, 5.41) is 0. The summed E-state index contributed by atoms with van der Waals surface area (Å²) in [6.45, 7) is 15.7. The molecule has 0 bridgehead atoms. The van der Waals surface area contributed by atoms with Crippen molar-refractivity contribution in [3.63, 3.8) is 0 Å². The number of piperidine rings is 1. The van der Waals surface area contributed by atoms with Gasteiger partial charge in [0.25, 0.3) is 0 Å². The molecule has 0 atom stereocenters. The molecule has 0 unspecified atom stereocenters. The third-order valence-corrected chi connectivity index (χ3v) is 3.63. The van der Waals surface area contributed by atoms with Crippen molar-refractivity contribution in [2.75, 3.05) is 13.2 Å². The summed E-state index contributed by atoms with van der Waals surface area (Å²) in [7, 11) is 0. The maximum absolute atomic E-state index is 5.82. The van der Waals surface area contributed by atoms with E-state index in [-0.39, 0.29) is 11.1 Å². The van der Waals surface area contributed by atoms with Crippen LogP contribution in [0.4, 0.5) is 0 Å². The van der Waals surface area contributed by atoms with E-state index < -0.39 is 0 Å². The molecule has 1 aliphatic heterocycles. The minimum absolute atomic E-state index is 0.260. The predicted octanol–water partition coefficient (Wildman–Crippen LogP) is 3.06. The van der Waals surface area contributed by atoms with Crippen molar-refractivity contribution in [1.82, 2.24) is 4.90 Å². The molecule has 15 heavy (non-hydrogen) atoms. The Kier molecular flexibility index (Phi) is 3.83. The summed E-state index contributed by atoms with van der Waals surface area (Å²) >= 11 is 0. The Bertz CT molecular complexity index is 193. The molecular formula is C13H27NO. The first kappa shape index (κ1) is 13.0. The maximum Gasteiger partial charge on any atom is 0.0609 e. The highest BCUT2D eigenvalue weighted by Crippen LogP contribution is 2.39. The van der Waals surface area contributed by atoms with Gasteiger partial charge in [0, 0.05) is 17.7 Å². The van der Waals surface area contributed by atoms with Crippen LogP contribution in [0.1, 0.15) is 54.4 Å². The van der Waals surface area contributed by atoms with E-state index in [0.29, 0.717) is 6.10 Å². The molecule has 0 saturated carbocycles. The van der Waals surface area contributed by atoms with Crippen LogP contribution in [0.25, 0.3) is 0 Å². The molecule has 90 valence electrons. The Labute approximate surface area is 95.0 Å². The van der Waals surface area contributed by atoms with Crippen molar-refractivity contribution in [2.24, 2.45) is 0 Å². The summed E-state index contributed by atoms with van der Waals surface area (Å²) in [6, 6.07) is 0. The number of nitrogens with zero attached hydrogens (tertiary/aromatic N) is 1. The van der Waals surface area contributed by atoms with Crippen LogP contribution in [0.5, 0.6) is 0 Å². The summed E-state index contributed by atoms with van der Waals surface area (Å²) in [4.78, 5) is 2.61. The van der Waals surface area contributed by atoms with Crippen LogP contribution in [0, 0.1) is 0 Å². The fourth-order valence-electron chi connectivity index (χ4n) is 3.44. The number of rotatable bonds is 3. The van der Waals surface area contributed by atoms with Gasteiger partial charge in [-0.2, -0.15) is 0 Å². The lowest BCUT2D eigenvalue weighted by Gasteiger charge is -2.54. The van der Waals surface area contributed by atoms with Gasteiger partial charge in [0.15, 0.2) is 0 Å². The molecule has 0 N–H and O–H groups in total. The second-order valence-electron chi connectivity index (χ2n) is 5.85. The van der Waals surface area contributed by atoms with Crippen LogP contribution in [-0.2, 0) is 4.74 Å². The predicted molar refractivity (Wildman–Crippen MR) is 65.2 cm³/mol. The van der Waals surface area contributed by atoms with Crippen molar-refractivity contribution in [2.45, 2.75) is 71.6 Å². The molecule has 2 nitrogen and oxygen atoms in total.